The zero-order chi connectivity index (χ0) is 12.6. The number of rotatable bonds is 2. The molecule has 1 atom stereocenters. The molecule has 1 aromatic heterocycles. The summed E-state index contributed by atoms with van der Waals surface area (Å²) in [4.78, 5) is 2.78. The van der Waals surface area contributed by atoms with Crippen LogP contribution in [0.5, 0.6) is 0 Å². The summed E-state index contributed by atoms with van der Waals surface area (Å²) in [5.74, 6) is -1.70. The lowest BCUT2D eigenvalue weighted by molar-refractivity contribution is -0.147. The summed E-state index contributed by atoms with van der Waals surface area (Å²) in [5.41, 5.74) is 5.89. The third-order valence-corrected chi connectivity index (χ3v) is 3.01. The van der Waals surface area contributed by atoms with Crippen LogP contribution in [0.2, 0.25) is 5.02 Å². The fourth-order valence-electron chi connectivity index (χ4n) is 1.88. The van der Waals surface area contributed by atoms with Gasteiger partial charge in [-0.25, -0.2) is 0 Å². The van der Waals surface area contributed by atoms with E-state index in [4.69, 9.17) is 17.3 Å². The van der Waals surface area contributed by atoms with Crippen molar-refractivity contribution in [1.29, 1.82) is 0 Å². The molecule has 0 saturated carbocycles. The Labute approximate surface area is 101 Å². The number of aromatic amines is 1. The van der Waals surface area contributed by atoms with Crippen molar-refractivity contribution < 1.29 is 13.2 Å². The van der Waals surface area contributed by atoms with Gasteiger partial charge in [0.05, 0.1) is 10.9 Å². The fraction of sp³-hybridized carbons (Fsp3) is 0.273. The highest BCUT2D eigenvalue weighted by Gasteiger charge is 2.41. The van der Waals surface area contributed by atoms with Gasteiger partial charge in [-0.05, 0) is 17.7 Å². The summed E-state index contributed by atoms with van der Waals surface area (Å²) in [5, 5.41) is 0.684. The number of H-pyrrole nitrogens is 1. The van der Waals surface area contributed by atoms with Crippen molar-refractivity contribution >= 4 is 22.5 Å². The second kappa shape index (κ2) is 4.23. The third-order valence-electron chi connectivity index (χ3n) is 2.69. The summed E-state index contributed by atoms with van der Waals surface area (Å²) in [6.45, 7) is -0.498. The minimum absolute atomic E-state index is 0.0978. The normalized spacial score (nSPS) is 14.2. The van der Waals surface area contributed by atoms with Gasteiger partial charge in [-0.15, -0.1) is 0 Å². The molecule has 0 fully saturated rings. The number of alkyl halides is 3. The molecule has 92 valence electrons. The lowest BCUT2D eigenvalue weighted by Crippen LogP contribution is -2.27. The molecule has 2 rings (SSSR count). The van der Waals surface area contributed by atoms with Crippen LogP contribution in [0, 0.1) is 0 Å². The maximum absolute atomic E-state index is 12.8. The minimum Gasteiger partial charge on any atom is -0.361 e. The van der Waals surface area contributed by atoms with Crippen molar-refractivity contribution in [2.45, 2.75) is 12.1 Å². The summed E-state index contributed by atoms with van der Waals surface area (Å²) >= 11 is 5.93. The Morgan fingerprint density at radius 1 is 1.35 bits per heavy atom. The Morgan fingerprint density at radius 2 is 2.06 bits per heavy atom. The van der Waals surface area contributed by atoms with Crippen molar-refractivity contribution in [1.82, 2.24) is 4.98 Å². The quantitative estimate of drug-likeness (QED) is 0.855. The predicted octanol–water partition coefficient (Wildman–Crippen LogP) is 3.43. The molecule has 1 aromatic carbocycles. The standard InChI is InChI=1S/C11H10ClF3N2/c12-8-2-1-3-9-10(8)6(5-17-9)7(4-16)11(13,14)15/h1-3,5,7,17H,4,16H2. The van der Waals surface area contributed by atoms with E-state index >= 15 is 0 Å². The van der Waals surface area contributed by atoms with Gasteiger partial charge in [0, 0.05) is 23.6 Å². The number of nitrogens with one attached hydrogen (secondary N) is 1. The fourth-order valence-corrected chi connectivity index (χ4v) is 2.16. The van der Waals surface area contributed by atoms with Crippen LogP contribution in [0.15, 0.2) is 24.4 Å². The van der Waals surface area contributed by atoms with Crippen molar-refractivity contribution in [2.75, 3.05) is 6.54 Å². The van der Waals surface area contributed by atoms with Crippen molar-refractivity contribution in [2.24, 2.45) is 5.73 Å². The Hall–Kier alpha value is -1.20. The molecule has 17 heavy (non-hydrogen) atoms. The van der Waals surface area contributed by atoms with Crippen LogP contribution in [0.1, 0.15) is 11.5 Å². The first-order chi connectivity index (χ1) is 7.95. The van der Waals surface area contributed by atoms with Crippen LogP contribution in [0.3, 0.4) is 0 Å². The highest BCUT2D eigenvalue weighted by atomic mass is 35.5. The van der Waals surface area contributed by atoms with Crippen LogP contribution in [-0.4, -0.2) is 17.7 Å². The van der Waals surface area contributed by atoms with E-state index < -0.39 is 18.6 Å². The molecule has 0 aliphatic heterocycles. The molecule has 0 amide bonds. The van der Waals surface area contributed by atoms with Gasteiger partial charge in [-0.3, -0.25) is 0 Å². The van der Waals surface area contributed by atoms with E-state index in [1.54, 1.807) is 18.2 Å². The highest BCUT2D eigenvalue weighted by molar-refractivity contribution is 6.35. The average Bonchev–Trinajstić information content (AvgIpc) is 2.62. The summed E-state index contributed by atoms with van der Waals surface area (Å²) in [6.07, 6.45) is -3.05. The predicted molar refractivity (Wildman–Crippen MR) is 61.2 cm³/mol. The van der Waals surface area contributed by atoms with E-state index in [0.717, 1.165) is 0 Å². The minimum atomic E-state index is -4.37. The monoisotopic (exact) mass is 262 g/mol. The van der Waals surface area contributed by atoms with Gasteiger partial charge in [-0.2, -0.15) is 13.2 Å². The molecule has 0 spiro atoms. The van der Waals surface area contributed by atoms with Crippen molar-refractivity contribution in [3.63, 3.8) is 0 Å². The number of aromatic nitrogens is 1. The molecule has 3 N–H and O–H groups in total. The number of benzene rings is 1. The van der Waals surface area contributed by atoms with Crippen LogP contribution in [0.25, 0.3) is 10.9 Å². The van der Waals surface area contributed by atoms with Gasteiger partial charge in [0.25, 0.3) is 0 Å². The first-order valence-corrected chi connectivity index (χ1v) is 5.35. The largest absolute Gasteiger partial charge is 0.397 e. The average molecular weight is 263 g/mol. The molecule has 0 radical (unpaired) electrons. The molecule has 2 aromatic rings. The molecular formula is C11H10ClF3N2. The molecule has 0 aliphatic rings. The smallest absolute Gasteiger partial charge is 0.361 e. The van der Waals surface area contributed by atoms with E-state index in [-0.39, 0.29) is 5.56 Å². The second-order valence-corrected chi connectivity index (χ2v) is 4.14. The lowest BCUT2D eigenvalue weighted by Gasteiger charge is -2.18. The molecule has 1 heterocycles. The van der Waals surface area contributed by atoms with E-state index in [2.05, 4.69) is 4.98 Å². The molecule has 1 unspecified atom stereocenters. The number of halogens is 4. The van der Waals surface area contributed by atoms with Crippen LogP contribution >= 0.6 is 11.6 Å². The maximum atomic E-state index is 12.8. The summed E-state index contributed by atoms with van der Waals surface area (Å²) in [6, 6.07) is 4.91. The first kappa shape index (κ1) is 12.3. The van der Waals surface area contributed by atoms with Gasteiger partial charge in [0.2, 0.25) is 0 Å². The van der Waals surface area contributed by atoms with Crippen LogP contribution < -0.4 is 5.73 Å². The maximum Gasteiger partial charge on any atom is 0.397 e. The van der Waals surface area contributed by atoms with Gasteiger partial charge in [0.1, 0.15) is 0 Å². The van der Waals surface area contributed by atoms with E-state index in [1.165, 1.54) is 6.20 Å². The SMILES string of the molecule is NCC(c1c[nH]c2cccc(Cl)c12)C(F)(F)F. The lowest BCUT2D eigenvalue weighted by atomic mass is 9.98. The number of fused-ring (bicyclic) bond motifs is 1. The Bertz CT molecular complexity index is 533. The number of nitrogens with two attached hydrogens (primary N) is 1. The highest BCUT2D eigenvalue weighted by Crippen LogP contribution is 2.39. The van der Waals surface area contributed by atoms with Gasteiger partial charge in [0.15, 0.2) is 0 Å². The third kappa shape index (κ3) is 2.12. The number of hydrogen-bond donors (Lipinski definition) is 2. The van der Waals surface area contributed by atoms with Crippen LogP contribution in [-0.2, 0) is 0 Å². The zero-order valence-corrected chi connectivity index (χ0v) is 9.44. The molecule has 0 bridgehead atoms. The topological polar surface area (TPSA) is 41.8 Å². The Kier molecular flexibility index (Phi) is 3.05. The van der Waals surface area contributed by atoms with Gasteiger partial charge >= 0.3 is 6.18 Å². The zero-order valence-electron chi connectivity index (χ0n) is 8.68. The van der Waals surface area contributed by atoms with E-state index in [0.29, 0.717) is 15.9 Å². The molecule has 0 saturated heterocycles. The van der Waals surface area contributed by atoms with Crippen LogP contribution in [0.4, 0.5) is 13.2 Å². The van der Waals surface area contributed by atoms with Crippen molar-refractivity contribution in [3.05, 3.63) is 35.0 Å². The molecular weight excluding hydrogens is 253 g/mol. The molecule has 2 nitrogen and oxygen atoms in total. The number of hydrogen-bond acceptors (Lipinski definition) is 1. The van der Waals surface area contributed by atoms with E-state index in [1.807, 2.05) is 0 Å². The van der Waals surface area contributed by atoms with Gasteiger partial charge in [-0.1, -0.05) is 17.7 Å². The van der Waals surface area contributed by atoms with Crippen molar-refractivity contribution in [3.8, 4) is 0 Å². The Morgan fingerprint density at radius 3 is 2.65 bits per heavy atom. The second-order valence-electron chi connectivity index (χ2n) is 3.74. The van der Waals surface area contributed by atoms with Gasteiger partial charge < -0.3 is 10.7 Å². The molecule has 0 aliphatic carbocycles. The van der Waals surface area contributed by atoms with E-state index in [9.17, 15) is 13.2 Å². The molecule has 6 heteroatoms. The Balaban J connectivity index is 2.63. The summed E-state index contributed by atoms with van der Waals surface area (Å²) in [7, 11) is 0. The summed E-state index contributed by atoms with van der Waals surface area (Å²) < 4.78 is 38.4. The first-order valence-electron chi connectivity index (χ1n) is 4.97.